The monoisotopic (exact) mass is 341 g/mol. The summed E-state index contributed by atoms with van der Waals surface area (Å²) in [6.45, 7) is 0. The molecule has 2 rings (SSSR count). The van der Waals surface area contributed by atoms with Gasteiger partial charge in [0.1, 0.15) is 0 Å². The number of nitrogens with one attached hydrogen (secondary N) is 1. The zero-order valence-electron chi connectivity index (χ0n) is 9.47. The Balaban J connectivity index is 2.33. The molecule has 0 unspecified atom stereocenters. The minimum absolute atomic E-state index is 0.0189. The second-order valence-corrected chi connectivity index (χ2v) is 4.84. The molecule has 0 aliphatic rings. The first-order valence-electron chi connectivity index (χ1n) is 5.10. The van der Waals surface area contributed by atoms with Gasteiger partial charge in [-0.1, -0.05) is 34.8 Å². The number of rotatable bonds is 2. The number of halogens is 6. The van der Waals surface area contributed by atoms with Gasteiger partial charge in [0.15, 0.2) is 10.3 Å². The second-order valence-electron chi connectivity index (χ2n) is 3.69. The van der Waals surface area contributed by atoms with Crippen LogP contribution in [0.5, 0.6) is 0 Å². The van der Waals surface area contributed by atoms with E-state index >= 15 is 0 Å². The molecule has 1 aromatic carbocycles. The molecule has 0 aliphatic heterocycles. The van der Waals surface area contributed by atoms with Gasteiger partial charge in [-0.05, 0) is 18.2 Å². The maximum atomic E-state index is 12.5. The summed E-state index contributed by atoms with van der Waals surface area (Å²) in [5, 5.41) is 9.81. The van der Waals surface area contributed by atoms with Crippen molar-refractivity contribution in [2.45, 2.75) is 6.18 Å². The van der Waals surface area contributed by atoms with Gasteiger partial charge in [-0.2, -0.15) is 13.2 Å². The Morgan fingerprint density at radius 2 is 1.65 bits per heavy atom. The lowest BCUT2D eigenvalue weighted by Crippen LogP contribution is -2.05. The van der Waals surface area contributed by atoms with E-state index in [-0.39, 0.29) is 26.7 Å². The number of alkyl halides is 3. The largest absolute Gasteiger partial charge is 0.416 e. The average molecular weight is 343 g/mol. The molecule has 0 saturated carbocycles. The molecule has 0 fully saturated rings. The van der Waals surface area contributed by atoms with Crippen LogP contribution in [0.2, 0.25) is 15.3 Å². The first kappa shape index (κ1) is 15.2. The molecule has 0 radical (unpaired) electrons. The molecule has 2 aromatic rings. The molecule has 0 bridgehead atoms. The quantitative estimate of drug-likeness (QED) is 0.815. The van der Waals surface area contributed by atoms with Crippen LogP contribution in [0.4, 0.5) is 24.5 Å². The van der Waals surface area contributed by atoms with Crippen LogP contribution in [0.3, 0.4) is 0 Å². The van der Waals surface area contributed by atoms with E-state index < -0.39 is 11.7 Å². The lowest BCUT2D eigenvalue weighted by molar-refractivity contribution is -0.137. The third-order valence-corrected chi connectivity index (χ3v) is 3.06. The minimum Gasteiger partial charge on any atom is -0.352 e. The average Bonchev–Trinajstić information content (AvgIpc) is 2.35. The maximum absolute atomic E-state index is 12.5. The van der Waals surface area contributed by atoms with E-state index in [9.17, 15) is 13.2 Å². The fourth-order valence-corrected chi connectivity index (χ4v) is 1.89. The van der Waals surface area contributed by atoms with Crippen molar-refractivity contribution in [2.24, 2.45) is 0 Å². The van der Waals surface area contributed by atoms with Crippen LogP contribution >= 0.6 is 34.8 Å². The van der Waals surface area contributed by atoms with Crippen LogP contribution in [-0.4, -0.2) is 10.2 Å². The summed E-state index contributed by atoms with van der Waals surface area (Å²) in [5.41, 5.74) is -0.316. The lowest BCUT2D eigenvalue weighted by atomic mass is 10.2. The SMILES string of the molecule is FC(F)(F)c1ccc(Nc2cc(Cl)nnc2Cl)c(Cl)c1. The Hall–Kier alpha value is -1.24. The van der Waals surface area contributed by atoms with Crippen molar-refractivity contribution in [3.8, 4) is 0 Å². The van der Waals surface area contributed by atoms with Gasteiger partial charge in [-0.15, -0.1) is 10.2 Å². The van der Waals surface area contributed by atoms with E-state index in [4.69, 9.17) is 34.8 Å². The molecule has 0 aliphatic carbocycles. The van der Waals surface area contributed by atoms with Gasteiger partial charge in [0.05, 0.1) is 22.0 Å². The normalized spacial score (nSPS) is 11.5. The van der Waals surface area contributed by atoms with Crippen molar-refractivity contribution < 1.29 is 13.2 Å². The van der Waals surface area contributed by atoms with Gasteiger partial charge >= 0.3 is 6.18 Å². The number of benzene rings is 1. The molecule has 20 heavy (non-hydrogen) atoms. The molecule has 3 nitrogen and oxygen atoms in total. The number of aromatic nitrogens is 2. The summed E-state index contributed by atoms with van der Waals surface area (Å²) >= 11 is 17.2. The maximum Gasteiger partial charge on any atom is 0.416 e. The molecular weight excluding hydrogens is 337 g/mol. The highest BCUT2D eigenvalue weighted by atomic mass is 35.5. The second kappa shape index (κ2) is 5.63. The van der Waals surface area contributed by atoms with Gasteiger partial charge < -0.3 is 5.32 Å². The van der Waals surface area contributed by atoms with E-state index in [1.165, 1.54) is 12.1 Å². The predicted molar refractivity (Wildman–Crippen MR) is 71.8 cm³/mol. The van der Waals surface area contributed by atoms with Crippen molar-refractivity contribution in [3.05, 3.63) is 45.2 Å². The van der Waals surface area contributed by atoms with Crippen molar-refractivity contribution in [1.82, 2.24) is 10.2 Å². The van der Waals surface area contributed by atoms with Gasteiger partial charge in [-0.25, -0.2) is 0 Å². The molecular formula is C11H5Cl3F3N3. The fourth-order valence-electron chi connectivity index (χ4n) is 1.38. The highest BCUT2D eigenvalue weighted by Crippen LogP contribution is 2.35. The van der Waals surface area contributed by atoms with Crippen LogP contribution in [0.1, 0.15) is 5.56 Å². The third kappa shape index (κ3) is 3.45. The highest BCUT2D eigenvalue weighted by Gasteiger charge is 2.30. The van der Waals surface area contributed by atoms with E-state index in [1.54, 1.807) is 0 Å². The molecule has 106 valence electrons. The standard InChI is InChI=1S/C11H5Cl3F3N3/c12-6-3-5(11(15,16)17)1-2-7(6)18-8-4-9(13)19-20-10(8)14/h1-4H,(H,18,19). The summed E-state index contributed by atoms with van der Waals surface area (Å²) < 4.78 is 37.5. The van der Waals surface area contributed by atoms with Gasteiger partial charge in [-0.3, -0.25) is 0 Å². The van der Waals surface area contributed by atoms with Crippen LogP contribution in [0.15, 0.2) is 24.3 Å². The summed E-state index contributed by atoms with van der Waals surface area (Å²) in [6.07, 6.45) is -4.46. The van der Waals surface area contributed by atoms with Gasteiger partial charge in [0, 0.05) is 6.07 Å². The van der Waals surface area contributed by atoms with Gasteiger partial charge in [0.25, 0.3) is 0 Å². The molecule has 0 amide bonds. The van der Waals surface area contributed by atoms with Crippen LogP contribution < -0.4 is 5.32 Å². The zero-order valence-corrected chi connectivity index (χ0v) is 11.7. The topological polar surface area (TPSA) is 37.8 Å². The molecule has 1 aromatic heterocycles. The number of anilines is 2. The molecule has 1 heterocycles. The Bertz CT molecular complexity index is 647. The fraction of sp³-hybridized carbons (Fsp3) is 0.0909. The van der Waals surface area contributed by atoms with Crippen molar-refractivity contribution in [1.29, 1.82) is 0 Å². The van der Waals surface area contributed by atoms with Crippen LogP contribution in [0.25, 0.3) is 0 Å². The van der Waals surface area contributed by atoms with Gasteiger partial charge in [0.2, 0.25) is 0 Å². The first-order chi connectivity index (χ1) is 9.27. The van der Waals surface area contributed by atoms with Crippen LogP contribution in [-0.2, 0) is 6.18 Å². The Kier molecular flexibility index (Phi) is 4.27. The summed E-state index contributed by atoms with van der Waals surface area (Å²) in [6, 6.07) is 4.28. The number of nitrogens with zero attached hydrogens (tertiary/aromatic N) is 2. The Morgan fingerprint density at radius 1 is 0.950 bits per heavy atom. The van der Waals surface area contributed by atoms with E-state index in [2.05, 4.69) is 15.5 Å². The number of hydrogen-bond donors (Lipinski definition) is 1. The third-order valence-electron chi connectivity index (χ3n) is 2.28. The van der Waals surface area contributed by atoms with Crippen LogP contribution in [0, 0.1) is 0 Å². The molecule has 9 heteroatoms. The van der Waals surface area contributed by atoms with Crippen molar-refractivity contribution in [3.63, 3.8) is 0 Å². The smallest absolute Gasteiger partial charge is 0.352 e. The Labute approximate surface area is 126 Å². The van der Waals surface area contributed by atoms with Crippen molar-refractivity contribution >= 4 is 46.2 Å². The molecule has 0 spiro atoms. The summed E-state index contributed by atoms with van der Waals surface area (Å²) in [4.78, 5) is 0. The minimum atomic E-state index is -4.46. The summed E-state index contributed by atoms with van der Waals surface area (Å²) in [7, 11) is 0. The lowest BCUT2D eigenvalue weighted by Gasteiger charge is -2.12. The summed E-state index contributed by atoms with van der Waals surface area (Å²) in [5.74, 6) is 0. The first-order valence-corrected chi connectivity index (χ1v) is 6.23. The predicted octanol–water partition coefficient (Wildman–Crippen LogP) is 5.20. The van der Waals surface area contributed by atoms with E-state index in [0.29, 0.717) is 0 Å². The highest BCUT2D eigenvalue weighted by molar-refractivity contribution is 6.35. The Morgan fingerprint density at radius 3 is 2.25 bits per heavy atom. The zero-order chi connectivity index (χ0) is 14.9. The molecule has 1 N–H and O–H groups in total. The van der Waals surface area contributed by atoms with Crippen molar-refractivity contribution in [2.75, 3.05) is 5.32 Å². The molecule has 0 atom stereocenters. The van der Waals surface area contributed by atoms with E-state index in [0.717, 1.165) is 12.1 Å². The molecule has 0 saturated heterocycles. The number of hydrogen-bond acceptors (Lipinski definition) is 3. The van der Waals surface area contributed by atoms with E-state index in [1.807, 2.05) is 0 Å².